The lowest BCUT2D eigenvalue weighted by atomic mass is 10.1. The van der Waals surface area contributed by atoms with Crippen LogP contribution in [0.25, 0.3) is 0 Å². The van der Waals surface area contributed by atoms with Crippen molar-refractivity contribution in [2.24, 2.45) is 7.05 Å². The normalized spacial score (nSPS) is 11.7. The highest BCUT2D eigenvalue weighted by Gasteiger charge is 2.38. The highest BCUT2D eigenvalue weighted by molar-refractivity contribution is 6.37. The number of halogens is 5. The van der Waals surface area contributed by atoms with Crippen molar-refractivity contribution in [1.82, 2.24) is 14.3 Å². The molecule has 0 saturated heterocycles. The molecule has 0 fully saturated rings. The van der Waals surface area contributed by atoms with Crippen LogP contribution in [0, 0.1) is 0 Å². The molecule has 0 aliphatic carbocycles. The van der Waals surface area contributed by atoms with Gasteiger partial charge in [-0.1, -0.05) is 23.2 Å². The molecule has 0 atom stereocenters. The summed E-state index contributed by atoms with van der Waals surface area (Å²) >= 11 is 11.8. The predicted molar refractivity (Wildman–Crippen MR) is 75.0 cm³/mol. The van der Waals surface area contributed by atoms with Gasteiger partial charge in [-0.15, -0.1) is 5.10 Å². The van der Waals surface area contributed by atoms with Gasteiger partial charge in [-0.05, 0) is 12.1 Å². The maximum Gasteiger partial charge on any atom is 0.451 e. The monoisotopic (exact) mass is 369 g/mol. The summed E-state index contributed by atoms with van der Waals surface area (Å²) in [4.78, 5) is 22.9. The summed E-state index contributed by atoms with van der Waals surface area (Å²) in [6.07, 6.45) is -4.81. The second kappa shape index (κ2) is 5.89. The minimum atomic E-state index is -4.81. The molecule has 0 unspecified atom stereocenters. The molecule has 1 heterocycles. The van der Waals surface area contributed by atoms with Gasteiger partial charge in [0.2, 0.25) is 5.82 Å². The van der Waals surface area contributed by atoms with Crippen molar-refractivity contribution in [3.05, 3.63) is 49.6 Å². The molecule has 2 rings (SSSR count). The van der Waals surface area contributed by atoms with Crippen LogP contribution in [0.4, 0.5) is 13.2 Å². The Hall–Kier alpha value is -2.00. The van der Waals surface area contributed by atoms with E-state index < -0.39 is 30.2 Å². The Morgan fingerprint density at radius 3 is 2.43 bits per heavy atom. The molecule has 2 aromatic rings. The Bertz CT molecular complexity index is 843. The SMILES string of the molecule is Cn1c(C(F)(F)F)nn(Cc2c(Cl)ccc(C(=O)O)c2Cl)c1=O. The Balaban J connectivity index is 2.55. The number of aromatic nitrogens is 3. The van der Waals surface area contributed by atoms with Crippen LogP contribution >= 0.6 is 23.2 Å². The smallest absolute Gasteiger partial charge is 0.451 e. The molecule has 0 saturated carbocycles. The van der Waals surface area contributed by atoms with Crippen molar-refractivity contribution >= 4 is 29.2 Å². The van der Waals surface area contributed by atoms with Gasteiger partial charge in [0, 0.05) is 17.6 Å². The molecule has 1 N–H and O–H groups in total. The fourth-order valence-electron chi connectivity index (χ4n) is 1.90. The van der Waals surface area contributed by atoms with E-state index in [4.69, 9.17) is 28.3 Å². The number of carbonyl (C=O) groups is 1. The fraction of sp³-hybridized carbons (Fsp3) is 0.250. The summed E-state index contributed by atoms with van der Waals surface area (Å²) in [5.74, 6) is -2.72. The lowest BCUT2D eigenvalue weighted by Crippen LogP contribution is -2.25. The third-order valence-corrected chi connectivity index (χ3v) is 3.80. The second-order valence-corrected chi connectivity index (χ2v) is 5.30. The molecular formula is C12H8Cl2F3N3O3. The molecule has 11 heteroatoms. The highest BCUT2D eigenvalue weighted by Crippen LogP contribution is 2.30. The van der Waals surface area contributed by atoms with Crippen LogP contribution in [0.1, 0.15) is 21.7 Å². The van der Waals surface area contributed by atoms with Gasteiger partial charge >= 0.3 is 17.8 Å². The first-order chi connectivity index (χ1) is 10.5. The molecule has 124 valence electrons. The van der Waals surface area contributed by atoms with Crippen molar-refractivity contribution in [3.63, 3.8) is 0 Å². The number of hydrogen-bond donors (Lipinski definition) is 1. The minimum Gasteiger partial charge on any atom is -0.478 e. The number of alkyl halides is 3. The van der Waals surface area contributed by atoms with E-state index in [1.807, 2.05) is 0 Å². The number of nitrogens with zero attached hydrogens (tertiary/aromatic N) is 3. The molecule has 0 amide bonds. The molecule has 0 spiro atoms. The third-order valence-electron chi connectivity index (χ3n) is 3.02. The van der Waals surface area contributed by atoms with Gasteiger partial charge in [-0.2, -0.15) is 13.2 Å². The van der Waals surface area contributed by atoms with Crippen LogP contribution < -0.4 is 5.69 Å². The largest absolute Gasteiger partial charge is 0.478 e. The first-order valence-corrected chi connectivity index (χ1v) is 6.70. The number of carboxylic acid groups (broad SMARTS) is 1. The predicted octanol–water partition coefficient (Wildman–Crippen LogP) is 2.65. The first-order valence-electron chi connectivity index (χ1n) is 5.95. The van der Waals surface area contributed by atoms with Crippen molar-refractivity contribution in [2.75, 3.05) is 0 Å². The molecule has 1 aromatic heterocycles. The molecule has 0 aliphatic heterocycles. The quantitative estimate of drug-likeness (QED) is 0.901. The van der Waals surface area contributed by atoms with Crippen molar-refractivity contribution in [1.29, 1.82) is 0 Å². The second-order valence-electron chi connectivity index (χ2n) is 4.51. The van der Waals surface area contributed by atoms with E-state index >= 15 is 0 Å². The Morgan fingerprint density at radius 2 is 1.96 bits per heavy atom. The summed E-state index contributed by atoms with van der Waals surface area (Å²) in [7, 11) is 0.922. The van der Waals surface area contributed by atoms with Crippen molar-refractivity contribution in [2.45, 2.75) is 12.7 Å². The van der Waals surface area contributed by atoms with Gasteiger partial charge in [0.25, 0.3) is 0 Å². The zero-order chi connectivity index (χ0) is 17.5. The number of aromatic carboxylic acids is 1. The van der Waals surface area contributed by atoms with Gasteiger partial charge < -0.3 is 5.11 Å². The summed E-state index contributed by atoms with van der Waals surface area (Å²) in [6.45, 7) is -0.498. The lowest BCUT2D eigenvalue weighted by Gasteiger charge is -2.09. The van der Waals surface area contributed by atoms with Crippen LogP contribution in [0.5, 0.6) is 0 Å². The van der Waals surface area contributed by atoms with Crippen LogP contribution in [-0.4, -0.2) is 25.4 Å². The number of hydrogen-bond acceptors (Lipinski definition) is 3. The topological polar surface area (TPSA) is 77.1 Å². The third kappa shape index (κ3) is 3.20. The minimum absolute atomic E-state index is 0.00566. The Kier molecular flexibility index (Phi) is 4.45. The molecule has 0 aliphatic rings. The van der Waals surface area contributed by atoms with E-state index in [-0.39, 0.29) is 21.2 Å². The number of carboxylic acids is 1. The summed E-state index contributed by atoms with van der Waals surface area (Å²) in [5, 5.41) is 11.9. The average molecular weight is 370 g/mol. The van der Waals surface area contributed by atoms with E-state index in [2.05, 4.69) is 5.10 Å². The van der Waals surface area contributed by atoms with Gasteiger partial charge in [0.15, 0.2) is 0 Å². The van der Waals surface area contributed by atoms with Crippen LogP contribution in [-0.2, 0) is 19.8 Å². The van der Waals surface area contributed by atoms with E-state index in [0.717, 1.165) is 13.1 Å². The Labute approximate surface area is 136 Å². The van der Waals surface area contributed by atoms with Gasteiger partial charge in [0.05, 0.1) is 17.1 Å². The Morgan fingerprint density at radius 1 is 1.35 bits per heavy atom. The molecule has 0 bridgehead atoms. The zero-order valence-corrected chi connectivity index (χ0v) is 12.9. The van der Waals surface area contributed by atoms with Gasteiger partial charge in [0.1, 0.15) is 0 Å². The van der Waals surface area contributed by atoms with E-state index in [1.165, 1.54) is 6.07 Å². The van der Waals surface area contributed by atoms with Gasteiger partial charge in [-0.25, -0.2) is 14.3 Å². The van der Waals surface area contributed by atoms with Crippen molar-refractivity contribution < 1.29 is 23.1 Å². The van der Waals surface area contributed by atoms with E-state index in [0.29, 0.717) is 9.25 Å². The molecule has 1 aromatic carbocycles. The molecule has 0 radical (unpaired) electrons. The number of benzene rings is 1. The van der Waals surface area contributed by atoms with Crippen LogP contribution in [0.2, 0.25) is 10.0 Å². The maximum absolute atomic E-state index is 12.7. The maximum atomic E-state index is 12.7. The summed E-state index contributed by atoms with van der Waals surface area (Å²) in [5.41, 5.74) is -1.33. The standard InChI is InChI=1S/C12H8Cl2F3N3O3/c1-19-10(12(15,16)17)18-20(11(19)23)4-6-7(13)3-2-5(8(6)14)9(21)22/h2-3H,4H2,1H3,(H,21,22). The highest BCUT2D eigenvalue weighted by atomic mass is 35.5. The molecule has 23 heavy (non-hydrogen) atoms. The van der Waals surface area contributed by atoms with E-state index in [9.17, 15) is 22.8 Å². The number of rotatable bonds is 3. The van der Waals surface area contributed by atoms with Crippen LogP contribution in [0.3, 0.4) is 0 Å². The fourth-order valence-corrected chi connectivity index (χ4v) is 2.47. The first kappa shape index (κ1) is 17.4. The molecular weight excluding hydrogens is 362 g/mol. The zero-order valence-electron chi connectivity index (χ0n) is 11.4. The average Bonchev–Trinajstić information content (AvgIpc) is 2.70. The van der Waals surface area contributed by atoms with Crippen LogP contribution in [0.15, 0.2) is 16.9 Å². The summed E-state index contributed by atoms with van der Waals surface area (Å²) < 4.78 is 39.1. The summed E-state index contributed by atoms with van der Waals surface area (Å²) in [6, 6.07) is 2.38. The van der Waals surface area contributed by atoms with Gasteiger partial charge in [-0.3, -0.25) is 4.57 Å². The molecule has 6 nitrogen and oxygen atoms in total. The lowest BCUT2D eigenvalue weighted by molar-refractivity contribution is -0.147. The van der Waals surface area contributed by atoms with E-state index in [1.54, 1.807) is 0 Å². The van der Waals surface area contributed by atoms with Crippen molar-refractivity contribution in [3.8, 4) is 0 Å².